The Morgan fingerprint density at radius 3 is 2.50 bits per heavy atom. The van der Waals surface area contributed by atoms with Crippen LogP contribution in [0.1, 0.15) is 57.8 Å². The minimum Gasteiger partial charge on any atom is -0.489 e. The molecule has 8 heteroatoms. The summed E-state index contributed by atoms with van der Waals surface area (Å²) in [6.45, 7) is 16.7. The van der Waals surface area contributed by atoms with Crippen molar-refractivity contribution in [3.63, 3.8) is 0 Å². The summed E-state index contributed by atoms with van der Waals surface area (Å²) in [5.41, 5.74) is 2.66. The van der Waals surface area contributed by atoms with Crippen LogP contribution in [0.5, 0.6) is 5.75 Å². The van der Waals surface area contributed by atoms with Gasteiger partial charge in [0, 0.05) is 24.4 Å². The van der Waals surface area contributed by atoms with Crippen LogP contribution in [0, 0.1) is 6.92 Å². The molecule has 0 amide bonds. The summed E-state index contributed by atoms with van der Waals surface area (Å²) in [4.78, 5) is 4.41. The number of ether oxygens (including phenoxy) is 2. The highest BCUT2D eigenvalue weighted by molar-refractivity contribution is 6.62. The molecule has 0 aliphatic carbocycles. The maximum absolute atomic E-state index is 6.20. The molecule has 30 heavy (non-hydrogen) atoms. The number of hydrogen-bond donors (Lipinski definition) is 0. The number of pyridine rings is 1. The summed E-state index contributed by atoms with van der Waals surface area (Å²) in [5.74, 6) is 0.699. The lowest BCUT2D eigenvalue weighted by molar-refractivity contribution is 0.00578. The van der Waals surface area contributed by atoms with E-state index < -0.39 is 18.3 Å². The second kappa shape index (κ2) is 8.53. The van der Waals surface area contributed by atoms with Crippen molar-refractivity contribution in [3.8, 4) is 5.75 Å². The van der Waals surface area contributed by atoms with Crippen molar-refractivity contribution in [2.75, 3.05) is 13.2 Å². The van der Waals surface area contributed by atoms with Crippen molar-refractivity contribution < 1.29 is 18.8 Å². The Morgan fingerprint density at radius 2 is 1.87 bits per heavy atom. The van der Waals surface area contributed by atoms with Crippen LogP contribution < -0.4 is 10.2 Å². The Kier molecular flexibility index (Phi) is 6.41. The lowest BCUT2D eigenvalue weighted by Gasteiger charge is -2.32. The first-order chi connectivity index (χ1) is 14.1. The van der Waals surface area contributed by atoms with Crippen molar-refractivity contribution in [2.45, 2.75) is 58.8 Å². The molecule has 0 saturated carbocycles. The van der Waals surface area contributed by atoms with E-state index in [9.17, 15) is 0 Å². The summed E-state index contributed by atoms with van der Waals surface area (Å²) in [6, 6.07) is 3.82. The zero-order valence-electron chi connectivity index (χ0n) is 19.1. The van der Waals surface area contributed by atoms with Crippen LogP contribution in [0.4, 0.5) is 0 Å². The Morgan fingerprint density at radius 1 is 1.20 bits per heavy atom. The van der Waals surface area contributed by atoms with Gasteiger partial charge in [-0.1, -0.05) is 6.58 Å². The van der Waals surface area contributed by atoms with E-state index in [-0.39, 0.29) is 6.10 Å². The number of aromatic nitrogens is 3. The predicted octanol–water partition coefficient (Wildman–Crippen LogP) is 3.22. The molecule has 0 aromatic carbocycles. The van der Waals surface area contributed by atoms with Gasteiger partial charge in [-0.25, -0.2) is 4.98 Å². The molecule has 1 fully saturated rings. The lowest BCUT2D eigenvalue weighted by atomic mass is 9.78. The fourth-order valence-corrected chi connectivity index (χ4v) is 3.40. The SMILES string of the molecule is C=Cc1nc(C)ccc1OCCOC(C)c1c(B2OC(C)(C)C(C)(C)O2)cnn1C. The molecule has 3 rings (SSSR count). The van der Waals surface area contributed by atoms with Crippen LogP contribution in [-0.4, -0.2) is 46.3 Å². The van der Waals surface area contributed by atoms with Gasteiger partial charge in [0.1, 0.15) is 18.1 Å². The minimum absolute atomic E-state index is 0.204. The predicted molar refractivity (Wildman–Crippen MR) is 118 cm³/mol. The van der Waals surface area contributed by atoms with Crippen molar-refractivity contribution in [1.82, 2.24) is 14.8 Å². The lowest BCUT2D eigenvalue weighted by Crippen LogP contribution is -2.41. The van der Waals surface area contributed by atoms with E-state index in [1.165, 1.54) is 0 Å². The number of nitrogens with zero attached hydrogens (tertiary/aromatic N) is 3. The van der Waals surface area contributed by atoms with E-state index >= 15 is 0 Å². The van der Waals surface area contributed by atoms with Crippen LogP contribution in [0.25, 0.3) is 6.08 Å². The molecule has 7 nitrogen and oxygen atoms in total. The molecule has 2 aromatic heterocycles. The standard InChI is InChI=1S/C22H32BN3O4/c1-9-18-19(11-10-15(2)25-18)28-13-12-27-16(3)20-17(14-24-26(20)8)23-29-21(4,5)22(6,7)30-23/h9-11,14,16H,1,12-13H2,2-8H3. The van der Waals surface area contributed by atoms with Crippen molar-refractivity contribution in [2.24, 2.45) is 7.05 Å². The summed E-state index contributed by atoms with van der Waals surface area (Å²) < 4.78 is 26.1. The number of rotatable bonds is 8. The normalized spacial score (nSPS) is 18.4. The summed E-state index contributed by atoms with van der Waals surface area (Å²) >= 11 is 0. The average molecular weight is 413 g/mol. The highest BCUT2D eigenvalue weighted by Gasteiger charge is 2.53. The topological polar surface area (TPSA) is 67.6 Å². The summed E-state index contributed by atoms with van der Waals surface area (Å²) in [7, 11) is 1.42. The van der Waals surface area contributed by atoms with Gasteiger partial charge in [0.15, 0.2) is 0 Å². The second-order valence-electron chi connectivity index (χ2n) is 8.60. The maximum atomic E-state index is 6.20. The van der Waals surface area contributed by atoms with Crippen molar-refractivity contribution >= 4 is 18.7 Å². The third-order valence-corrected chi connectivity index (χ3v) is 5.83. The molecule has 2 aromatic rings. The molecule has 162 valence electrons. The van der Waals surface area contributed by atoms with Crippen LogP contribution in [0.3, 0.4) is 0 Å². The largest absolute Gasteiger partial charge is 0.498 e. The van der Waals surface area contributed by atoms with E-state index in [2.05, 4.69) is 16.7 Å². The monoisotopic (exact) mass is 413 g/mol. The summed E-state index contributed by atoms with van der Waals surface area (Å²) in [6.07, 6.45) is 3.28. The third-order valence-electron chi connectivity index (χ3n) is 5.83. The molecule has 1 saturated heterocycles. The zero-order valence-corrected chi connectivity index (χ0v) is 19.1. The average Bonchev–Trinajstić information content (AvgIpc) is 3.15. The minimum atomic E-state index is -0.477. The van der Waals surface area contributed by atoms with E-state index in [0.717, 1.165) is 22.5 Å². The van der Waals surface area contributed by atoms with Gasteiger partial charge in [0.25, 0.3) is 0 Å². The molecular weight excluding hydrogens is 381 g/mol. The molecule has 1 aliphatic rings. The number of hydrogen-bond acceptors (Lipinski definition) is 6. The van der Waals surface area contributed by atoms with Gasteiger partial charge in [-0.3, -0.25) is 4.68 Å². The third kappa shape index (κ3) is 4.45. The van der Waals surface area contributed by atoms with E-state index in [1.807, 2.05) is 65.4 Å². The molecule has 3 heterocycles. The molecule has 0 spiro atoms. The van der Waals surface area contributed by atoms with Crippen LogP contribution in [0.2, 0.25) is 0 Å². The highest BCUT2D eigenvalue weighted by atomic mass is 16.7. The van der Waals surface area contributed by atoms with Crippen LogP contribution in [-0.2, 0) is 21.1 Å². The van der Waals surface area contributed by atoms with Gasteiger partial charge in [-0.05, 0) is 59.8 Å². The maximum Gasteiger partial charge on any atom is 0.498 e. The Labute approximate surface area is 179 Å². The smallest absolute Gasteiger partial charge is 0.489 e. The van der Waals surface area contributed by atoms with Gasteiger partial charge in [-0.15, -0.1) is 0 Å². The first-order valence-corrected chi connectivity index (χ1v) is 10.3. The van der Waals surface area contributed by atoms with Crippen LogP contribution >= 0.6 is 0 Å². The highest BCUT2D eigenvalue weighted by Crippen LogP contribution is 2.37. The first kappa shape index (κ1) is 22.5. The van der Waals surface area contributed by atoms with Crippen LogP contribution in [0.15, 0.2) is 24.9 Å². The summed E-state index contributed by atoms with van der Waals surface area (Å²) in [5, 5.41) is 4.41. The van der Waals surface area contributed by atoms with E-state index in [4.69, 9.17) is 18.8 Å². The van der Waals surface area contributed by atoms with Gasteiger partial charge >= 0.3 is 7.12 Å². The van der Waals surface area contributed by atoms with E-state index in [0.29, 0.717) is 19.0 Å². The quantitative estimate of drug-likeness (QED) is 0.489. The Bertz CT molecular complexity index is 894. The molecule has 1 atom stereocenters. The molecular formula is C22H32BN3O4. The second-order valence-corrected chi connectivity index (χ2v) is 8.60. The van der Waals surface area contributed by atoms with Gasteiger partial charge in [0.05, 0.1) is 29.6 Å². The van der Waals surface area contributed by atoms with Gasteiger partial charge in [-0.2, -0.15) is 5.10 Å². The molecule has 1 aliphatic heterocycles. The molecule has 1 unspecified atom stereocenters. The molecule has 0 N–H and O–H groups in total. The van der Waals surface area contributed by atoms with Crippen molar-refractivity contribution in [1.29, 1.82) is 0 Å². The first-order valence-electron chi connectivity index (χ1n) is 10.3. The number of aryl methyl sites for hydroxylation is 2. The van der Waals surface area contributed by atoms with E-state index in [1.54, 1.807) is 12.3 Å². The van der Waals surface area contributed by atoms with Gasteiger partial charge < -0.3 is 18.8 Å². The van der Waals surface area contributed by atoms with Crippen molar-refractivity contribution in [3.05, 3.63) is 42.0 Å². The zero-order chi connectivity index (χ0) is 22.1. The molecule has 0 bridgehead atoms. The van der Waals surface area contributed by atoms with Gasteiger partial charge in [0.2, 0.25) is 0 Å². The molecule has 0 radical (unpaired) electrons. The fraction of sp³-hybridized carbons (Fsp3) is 0.545. The Balaban J connectivity index is 1.62. The fourth-order valence-electron chi connectivity index (χ4n) is 3.40. The Hall–Kier alpha value is -2.16.